The van der Waals surface area contributed by atoms with Gasteiger partial charge in [0.15, 0.2) is 0 Å². The molecule has 1 aromatic heterocycles. The number of rotatable bonds is 4. The largest absolute Gasteiger partial charge is 0.361 e. The predicted octanol–water partition coefficient (Wildman–Crippen LogP) is 5.46. The van der Waals surface area contributed by atoms with E-state index in [1.165, 1.54) is 0 Å². The van der Waals surface area contributed by atoms with Crippen molar-refractivity contribution in [2.75, 3.05) is 5.32 Å². The number of carbonyl (C=O) groups excluding carboxylic acids is 2. The first kappa shape index (κ1) is 19.9. The number of fused-ring (bicyclic) bond motifs is 2. The molecule has 5 nitrogen and oxygen atoms in total. The van der Waals surface area contributed by atoms with E-state index in [0.717, 1.165) is 54.3 Å². The number of hydrogen-bond acceptors (Lipinski definition) is 2. The summed E-state index contributed by atoms with van der Waals surface area (Å²) < 4.78 is 0. The lowest BCUT2D eigenvalue weighted by Crippen LogP contribution is -2.62. The third kappa shape index (κ3) is 3.06. The van der Waals surface area contributed by atoms with E-state index in [1.54, 1.807) is 0 Å². The molecule has 1 saturated carbocycles. The Morgan fingerprint density at radius 2 is 1.97 bits per heavy atom. The average Bonchev–Trinajstić information content (AvgIpc) is 3.43. The molecule has 2 aliphatic rings. The van der Waals surface area contributed by atoms with Gasteiger partial charge in [-0.1, -0.05) is 38.0 Å². The molecule has 1 aliphatic carbocycles. The Morgan fingerprint density at radius 3 is 2.74 bits per heavy atom. The van der Waals surface area contributed by atoms with Crippen molar-refractivity contribution >= 4 is 28.4 Å². The Morgan fingerprint density at radius 1 is 1.19 bits per heavy atom. The molecule has 2 aromatic carbocycles. The zero-order chi connectivity index (χ0) is 21.6. The monoisotopic (exact) mass is 415 g/mol. The maximum Gasteiger partial charge on any atom is 0.254 e. The molecule has 0 unspecified atom stereocenters. The Balaban J connectivity index is 1.60. The fourth-order valence-corrected chi connectivity index (χ4v) is 5.77. The van der Waals surface area contributed by atoms with Gasteiger partial charge >= 0.3 is 0 Å². The summed E-state index contributed by atoms with van der Waals surface area (Å²) in [4.78, 5) is 32.7. The molecule has 2 heterocycles. The van der Waals surface area contributed by atoms with E-state index in [1.807, 2.05) is 54.7 Å². The van der Waals surface area contributed by atoms with Crippen molar-refractivity contribution < 1.29 is 9.59 Å². The van der Waals surface area contributed by atoms with Gasteiger partial charge in [-0.25, -0.2) is 0 Å². The van der Waals surface area contributed by atoms with Gasteiger partial charge in [0.1, 0.15) is 0 Å². The minimum Gasteiger partial charge on any atom is -0.361 e. The quantitative estimate of drug-likeness (QED) is 0.594. The number of anilines is 1. The number of nitrogens with one attached hydrogen (secondary N) is 2. The zero-order valence-corrected chi connectivity index (χ0v) is 18.2. The standard InChI is InChI=1S/C26H29N3O2/c1-3-17(2)29-25(31)21-9-5-4-8-20(21)23(26(29)13-6-7-14-26)24(30)28-19-10-11-22-18(16-19)12-15-27-22/h4-5,8-12,15-17,23,27H,3,6-7,13-14H2,1-2H3,(H,28,30)/t17-,23+/m1/s1. The predicted molar refractivity (Wildman–Crippen MR) is 123 cm³/mol. The van der Waals surface area contributed by atoms with Crippen molar-refractivity contribution in [1.29, 1.82) is 0 Å². The van der Waals surface area contributed by atoms with Crippen LogP contribution in [0.2, 0.25) is 0 Å². The zero-order valence-electron chi connectivity index (χ0n) is 18.2. The second-order valence-corrected chi connectivity index (χ2v) is 9.03. The van der Waals surface area contributed by atoms with Crippen molar-refractivity contribution in [3.63, 3.8) is 0 Å². The van der Waals surface area contributed by atoms with Crippen molar-refractivity contribution in [2.45, 2.75) is 63.5 Å². The van der Waals surface area contributed by atoms with Crippen LogP contribution in [0, 0.1) is 0 Å². The van der Waals surface area contributed by atoms with Crippen molar-refractivity contribution in [2.24, 2.45) is 0 Å². The number of hydrogen-bond donors (Lipinski definition) is 2. The second kappa shape index (κ2) is 7.56. The van der Waals surface area contributed by atoms with E-state index in [4.69, 9.17) is 0 Å². The highest BCUT2D eigenvalue weighted by Crippen LogP contribution is 2.51. The van der Waals surface area contributed by atoms with E-state index >= 15 is 0 Å². The van der Waals surface area contributed by atoms with Crippen molar-refractivity contribution in [1.82, 2.24) is 9.88 Å². The topological polar surface area (TPSA) is 65.2 Å². The highest BCUT2D eigenvalue weighted by Gasteiger charge is 2.56. The van der Waals surface area contributed by atoms with Crippen LogP contribution < -0.4 is 5.32 Å². The van der Waals surface area contributed by atoms with Gasteiger partial charge < -0.3 is 15.2 Å². The number of amides is 2. The van der Waals surface area contributed by atoms with Crippen molar-refractivity contribution in [3.05, 3.63) is 65.9 Å². The van der Waals surface area contributed by atoms with Gasteiger partial charge in [-0.15, -0.1) is 0 Å². The molecule has 160 valence electrons. The third-order valence-corrected chi connectivity index (χ3v) is 7.32. The minimum atomic E-state index is -0.455. The van der Waals surface area contributed by atoms with Gasteiger partial charge in [-0.05, 0) is 62.1 Å². The highest BCUT2D eigenvalue weighted by atomic mass is 16.2. The van der Waals surface area contributed by atoms with Crippen LogP contribution in [-0.4, -0.2) is 33.3 Å². The third-order valence-electron chi connectivity index (χ3n) is 7.32. The summed E-state index contributed by atoms with van der Waals surface area (Å²) in [5.74, 6) is -0.325. The van der Waals surface area contributed by atoms with Gasteiger partial charge in [0.25, 0.3) is 5.91 Å². The fourth-order valence-electron chi connectivity index (χ4n) is 5.77. The van der Waals surface area contributed by atoms with Crippen LogP contribution >= 0.6 is 0 Å². The highest BCUT2D eigenvalue weighted by molar-refractivity contribution is 6.05. The lowest BCUT2D eigenvalue weighted by molar-refractivity contribution is -0.121. The molecule has 5 heteroatoms. The van der Waals surface area contributed by atoms with E-state index in [2.05, 4.69) is 29.0 Å². The van der Waals surface area contributed by atoms with Gasteiger partial charge in [-0.2, -0.15) is 0 Å². The molecule has 0 radical (unpaired) electrons. The van der Waals surface area contributed by atoms with Crippen LogP contribution in [0.15, 0.2) is 54.7 Å². The molecule has 2 amide bonds. The maximum atomic E-state index is 13.9. The van der Waals surface area contributed by atoms with Gasteiger partial charge in [0, 0.05) is 34.4 Å². The van der Waals surface area contributed by atoms with Gasteiger partial charge in [0.05, 0.1) is 11.5 Å². The first-order chi connectivity index (χ1) is 15.0. The summed E-state index contributed by atoms with van der Waals surface area (Å²) in [7, 11) is 0. The molecule has 1 aliphatic heterocycles. The Kier molecular flexibility index (Phi) is 4.84. The summed E-state index contributed by atoms with van der Waals surface area (Å²) in [5, 5.41) is 4.25. The molecule has 1 spiro atoms. The number of benzene rings is 2. The Bertz CT molecular complexity index is 1140. The fraction of sp³-hybridized carbons (Fsp3) is 0.385. The van der Waals surface area contributed by atoms with E-state index in [0.29, 0.717) is 5.56 Å². The van der Waals surface area contributed by atoms with Crippen LogP contribution in [-0.2, 0) is 4.79 Å². The van der Waals surface area contributed by atoms with E-state index in [-0.39, 0.29) is 23.8 Å². The normalized spacial score (nSPS) is 20.8. The smallest absolute Gasteiger partial charge is 0.254 e. The molecular formula is C26H29N3O2. The number of carbonyl (C=O) groups is 2. The number of nitrogens with zero attached hydrogens (tertiary/aromatic N) is 1. The molecule has 2 atom stereocenters. The molecule has 31 heavy (non-hydrogen) atoms. The van der Waals surface area contributed by atoms with Crippen LogP contribution in [0.25, 0.3) is 10.9 Å². The average molecular weight is 416 g/mol. The van der Waals surface area contributed by atoms with Crippen LogP contribution in [0.3, 0.4) is 0 Å². The molecule has 1 fully saturated rings. The van der Waals surface area contributed by atoms with Crippen LogP contribution in [0.5, 0.6) is 0 Å². The summed E-state index contributed by atoms with van der Waals surface area (Å²) in [6, 6.07) is 15.7. The lowest BCUT2D eigenvalue weighted by Gasteiger charge is -2.52. The summed E-state index contributed by atoms with van der Waals surface area (Å²) >= 11 is 0. The first-order valence-corrected chi connectivity index (χ1v) is 11.4. The molecular weight excluding hydrogens is 386 g/mol. The van der Waals surface area contributed by atoms with Crippen LogP contribution in [0.4, 0.5) is 5.69 Å². The summed E-state index contributed by atoms with van der Waals surface area (Å²) in [5.41, 5.74) is 2.91. The van der Waals surface area contributed by atoms with E-state index in [9.17, 15) is 9.59 Å². The number of aromatic amines is 1. The number of H-pyrrole nitrogens is 1. The van der Waals surface area contributed by atoms with Crippen LogP contribution in [0.1, 0.15) is 67.8 Å². The first-order valence-electron chi connectivity index (χ1n) is 11.4. The molecule has 3 aromatic rings. The Hall–Kier alpha value is -3.08. The van der Waals surface area contributed by atoms with Crippen molar-refractivity contribution in [3.8, 4) is 0 Å². The van der Waals surface area contributed by atoms with E-state index < -0.39 is 5.54 Å². The minimum absolute atomic E-state index is 0.0231. The maximum absolute atomic E-state index is 13.9. The molecule has 2 N–H and O–H groups in total. The molecule has 0 bridgehead atoms. The molecule has 5 rings (SSSR count). The second-order valence-electron chi connectivity index (χ2n) is 9.03. The van der Waals surface area contributed by atoms with Gasteiger partial charge in [-0.3, -0.25) is 9.59 Å². The summed E-state index contributed by atoms with van der Waals surface area (Å²) in [6.45, 7) is 4.23. The SMILES string of the molecule is CC[C@@H](C)N1C(=O)c2ccccc2[C@@H](C(=O)Nc2ccc3[nH]ccc3c2)C12CCCC2. The number of aromatic nitrogens is 1. The lowest BCUT2D eigenvalue weighted by atomic mass is 9.70. The van der Waals surface area contributed by atoms with Gasteiger partial charge in [0.2, 0.25) is 5.91 Å². The summed E-state index contributed by atoms with van der Waals surface area (Å²) in [6.07, 6.45) is 6.59. The molecule has 0 saturated heterocycles. The Labute approximate surface area is 182 Å².